The molecular weight excluding hydrogens is 496 g/mol. The van der Waals surface area contributed by atoms with Crippen molar-refractivity contribution in [3.8, 4) is 28.7 Å². The van der Waals surface area contributed by atoms with Crippen LogP contribution in [0.4, 0.5) is 14.5 Å². The smallest absolute Gasteiger partial charge is 0.437 e. The predicted octanol–water partition coefficient (Wildman–Crippen LogP) is 2.76. The van der Waals surface area contributed by atoms with E-state index in [0.29, 0.717) is 5.75 Å². The molecule has 2 N–H and O–H groups in total. The van der Waals surface area contributed by atoms with Gasteiger partial charge in [0, 0.05) is 18.2 Å². The summed E-state index contributed by atoms with van der Waals surface area (Å²) in [7, 11) is 1.09. The molecule has 0 saturated carbocycles. The zero-order chi connectivity index (χ0) is 26.4. The maximum Gasteiger partial charge on any atom is 0.437 e. The molecule has 0 aliphatic carbocycles. The van der Waals surface area contributed by atoms with Crippen molar-refractivity contribution in [1.29, 1.82) is 0 Å². The van der Waals surface area contributed by atoms with Crippen molar-refractivity contribution < 1.29 is 55.6 Å². The molecule has 0 unspecified atom stereocenters. The monoisotopic (exact) mass is 517 g/mol. The molecular formula is C21H21F2NO10S. The Balaban J connectivity index is 2.35. The molecule has 0 saturated heterocycles. The first-order chi connectivity index (χ1) is 16.4. The number of hydrogen-bond acceptors (Lipinski definition) is 9. The lowest BCUT2D eigenvalue weighted by molar-refractivity contribution is -0.180. The lowest BCUT2D eigenvalue weighted by Crippen LogP contribution is -2.40. The van der Waals surface area contributed by atoms with Gasteiger partial charge in [0.15, 0.2) is 11.5 Å². The van der Waals surface area contributed by atoms with Crippen LogP contribution in [0.25, 0.3) is 6.08 Å². The molecule has 0 aliphatic rings. The summed E-state index contributed by atoms with van der Waals surface area (Å²) in [6.45, 7) is 0. The lowest BCUT2D eigenvalue weighted by atomic mass is 10.1. The summed E-state index contributed by atoms with van der Waals surface area (Å²) in [5, 5.41) is 9.26. The van der Waals surface area contributed by atoms with Crippen LogP contribution < -0.4 is 28.4 Å². The third-order valence-corrected chi connectivity index (χ3v) is 5.33. The Morgan fingerprint density at radius 1 is 0.914 bits per heavy atom. The second-order valence-corrected chi connectivity index (χ2v) is 8.10. The van der Waals surface area contributed by atoms with E-state index in [9.17, 15) is 26.8 Å². The van der Waals surface area contributed by atoms with Crippen LogP contribution in [0.2, 0.25) is 0 Å². The number of carbonyl (C=O) groups excluding carboxylic acids is 1. The van der Waals surface area contributed by atoms with E-state index < -0.39 is 33.6 Å². The topological polar surface area (TPSA) is 147 Å². The Morgan fingerprint density at radius 3 is 1.97 bits per heavy atom. The number of benzene rings is 2. The fraction of sp³-hybridized carbons (Fsp3) is 0.238. The molecule has 0 heterocycles. The number of carbonyl (C=O) groups is 2. The second kappa shape index (κ2) is 10.9. The summed E-state index contributed by atoms with van der Waals surface area (Å²) in [5.41, 5.74) is 0.0759. The van der Waals surface area contributed by atoms with Crippen LogP contribution in [0.1, 0.15) is 5.56 Å². The summed E-state index contributed by atoms with van der Waals surface area (Å²) in [4.78, 5) is 22.1. The van der Waals surface area contributed by atoms with Crippen LogP contribution in [-0.2, 0) is 19.6 Å². The number of halogens is 2. The van der Waals surface area contributed by atoms with Gasteiger partial charge in [-0.1, -0.05) is 0 Å². The molecule has 2 rings (SSSR count). The van der Waals surface area contributed by atoms with E-state index in [2.05, 4.69) is 9.46 Å². The third kappa shape index (κ3) is 6.50. The normalized spacial score (nSPS) is 11.6. The Morgan fingerprint density at radius 2 is 1.49 bits per heavy atom. The van der Waals surface area contributed by atoms with E-state index in [1.54, 1.807) is 0 Å². The van der Waals surface area contributed by atoms with E-state index in [1.165, 1.54) is 45.6 Å². The number of sulfonamides is 1. The highest BCUT2D eigenvalue weighted by atomic mass is 32.2. The van der Waals surface area contributed by atoms with Crippen molar-refractivity contribution in [3.05, 3.63) is 41.3 Å². The highest BCUT2D eigenvalue weighted by Crippen LogP contribution is 2.36. The van der Waals surface area contributed by atoms with Crippen molar-refractivity contribution in [1.82, 2.24) is 0 Å². The fourth-order valence-corrected chi connectivity index (χ4v) is 3.46. The average molecular weight is 517 g/mol. The molecule has 14 heteroatoms. The molecule has 0 bridgehead atoms. The van der Waals surface area contributed by atoms with Gasteiger partial charge in [-0.25, -0.2) is 18.0 Å². The van der Waals surface area contributed by atoms with Gasteiger partial charge in [0.2, 0.25) is 0 Å². The highest BCUT2D eigenvalue weighted by molar-refractivity contribution is 7.95. The largest absolute Gasteiger partial charge is 0.496 e. The molecule has 0 radical (unpaired) electrons. The van der Waals surface area contributed by atoms with Gasteiger partial charge in [-0.15, -0.1) is 0 Å². The minimum atomic E-state index is -4.83. The molecule has 0 aliphatic heterocycles. The maximum absolute atomic E-state index is 13.4. The number of aliphatic carboxylic acids is 1. The number of carboxylic acids is 1. The van der Waals surface area contributed by atoms with Gasteiger partial charge in [-0.05, 0) is 18.2 Å². The maximum atomic E-state index is 13.4. The van der Waals surface area contributed by atoms with Crippen LogP contribution in [-0.4, -0.2) is 59.8 Å². The van der Waals surface area contributed by atoms with Crippen LogP contribution in [0, 0.1) is 0 Å². The van der Waals surface area contributed by atoms with E-state index >= 15 is 0 Å². The molecule has 0 spiro atoms. The van der Waals surface area contributed by atoms with E-state index in [1.807, 2.05) is 0 Å². The molecule has 0 atom stereocenters. The van der Waals surface area contributed by atoms with Crippen LogP contribution >= 0.6 is 0 Å². The molecule has 190 valence electrons. The number of methoxy groups -OCH3 is 4. The minimum Gasteiger partial charge on any atom is -0.496 e. The number of hydrogen-bond donors (Lipinski definition) is 2. The number of alkyl halides is 2. The van der Waals surface area contributed by atoms with Crippen LogP contribution in [0.15, 0.2) is 35.7 Å². The summed E-state index contributed by atoms with van der Waals surface area (Å²) in [6.07, 6.45) is 1.19. The van der Waals surface area contributed by atoms with E-state index in [4.69, 9.17) is 24.1 Å². The number of rotatable bonds is 11. The Bertz CT molecular complexity index is 1220. The SMILES string of the molecule is COc1cc(OC)c(/C=C/S(=O)(=O)Nc2ccc(OC)c(OC(=O)C(F)(F)C(=O)O)c2)c(OC)c1. The first-order valence-electron chi connectivity index (χ1n) is 9.41. The third-order valence-electron chi connectivity index (χ3n) is 4.32. The number of esters is 1. The summed E-state index contributed by atoms with van der Waals surface area (Å²) >= 11 is 0. The fourth-order valence-electron chi connectivity index (χ4n) is 2.62. The van der Waals surface area contributed by atoms with Crippen molar-refractivity contribution in [2.45, 2.75) is 5.92 Å². The Labute approximate surface area is 198 Å². The van der Waals surface area contributed by atoms with Gasteiger partial charge < -0.3 is 28.8 Å². The molecule has 2 aromatic carbocycles. The molecule has 0 aromatic heterocycles. The first kappa shape index (κ1) is 27.2. The zero-order valence-electron chi connectivity index (χ0n) is 18.8. The quantitative estimate of drug-likeness (QED) is 0.259. The number of carboxylic acid groups (broad SMARTS) is 1. The van der Waals surface area contributed by atoms with E-state index in [-0.39, 0.29) is 28.5 Å². The standard InChI is InChI=1S/C21H21F2NO10S/c1-30-13-10-16(32-3)14(17(11-13)33-4)7-8-35(28,29)24-12-5-6-15(31-2)18(9-12)34-20(27)21(22,23)19(25)26/h5-11,24H,1-4H3,(H,25,26)/b8-7+. The van der Waals surface area contributed by atoms with Gasteiger partial charge in [-0.3, -0.25) is 4.72 Å². The average Bonchev–Trinajstić information content (AvgIpc) is 2.81. The predicted molar refractivity (Wildman–Crippen MR) is 119 cm³/mol. The van der Waals surface area contributed by atoms with Crippen molar-refractivity contribution in [2.75, 3.05) is 33.2 Å². The first-order valence-corrected chi connectivity index (χ1v) is 11.0. The number of nitrogens with one attached hydrogen (secondary N) is 1. The molecule has 2 aromatic rings. The second-order valence-electron chi connectivity index (χ2n) is 6.53. The summed E-state index contributed by atoms with van der Waals surface area (Å²) in [6, 6.07) is 6.22. The Hall–Kier alpha value is -4.07. The molecule has 11 nitrogen and oxygen atoms in total. The van der Waals surface area contributed by atoms with Gasteiger partial charge >= 0.3 is 17.9 Å². The van der Waals surface area contributed by atoms with Gasteiger partial charge in [0.05, 0.1) is 45.1 Å². The number of ether oxygens (including phenoxy) is 5. The van der Waals surface area contributed by atoms with Crippen molar-refractivity contribution in [3.63, 3.8) is 0 Å². The van der Waals surface area contributed by atoms with Crippen LogP contribution in [0.3, 0.4) is 0 Å². The number of anilines is 1. The highest BCUT2D eigenvalue weighted by Gasteiger charge is 2.50. The summed E-state index contributed by atoms with van der Waals surface area (Å²) < 4.78 is 79.1. The van der Waals surface area contributed by atoms with Crippen LogP contribution in [0.5, 0.6) is 28.7 Å². The van der Waals surface area contributed by atoms with Crippen molar-refractivity contribution in [2.24, 2.45) is 0 Å². The van der Waals surface area contributed by atoms with Gasteiger partial charge in [0.25, 0.3) is 10.0 Å². The van der Waals surface area contributed by atoms with E-state index in [0.717, 1.165) is 24.7 Å². The van der Waals surface area contributed by atoms with Gasteiger partial charge in [0.1, 0.15) is 17.2 Å². The Kier molecular flexibility index (Phi) is 8.47. The molecule has 0 fully saturated rings. The molecule has 35 heavy (non-hydrogen) atoms. The molecule has 0 amide bonds. The zero-order valence-corrected chi connectivity index (χ0v) is 19.6. The van der Waals surface area contributed by atoms with Crippen molar-refractivity contribution >= 4 is 33.7 Å². The lowest BCUT2D eigenvalue weighted by Gasteiger charge is -2.14. The van der Waals surface area contributed by atoms with Gasteiger partial charge in [-0.2, -0.15) is 8.78 Å². The minimum absolute atomic E-state index is 0.203. The summed E-state index contributed by atoms with van der Waals surface area (Å²) in [5.74, 6) is -9.89.